The zero-order valence-electron chi connectivity index (χ0n) is 23.5. The molecule has 2 fully saturated rings. The summed E-state index contributed by atoms with van der Waals surface area (Å²) in [7, 11) is 2.09. The zero-order chi connectivity index (χ0) is 27.8. The summed E-state index contributed by atoms with van der Waals surface area (Å²) in [5, 5.41) is 3.29. The van der Waals surface area contributed by atoms with Gasteiger partial charge in [-0.3, -0.25) is 14.4 Å². The van der Waals surface area contributed by atoms with Crippen molar-refractivity contribution in [1.82, 2.24) is 10.2 Å². The van der Waals surface area contributed by atoms with Crippen LogP contribution in [0.15, 0.2) is 54.6 Å². The van der Waals surface area contributed by atoms with Gasteiger partial charge in [-0.25, -0.2) is 0 Å². The number of unbranched alkanes of at least 4 members (excludes halogenated alkanes) is 2. The van der Waals surface area contributed by atoms with Crippen LogP contribution >= 0.6 is 0 Å². The summed E-state index contributed by atoms with van der Waals surface area (Å²) in [5.74, 6) is -0.0332. The highest BCUT2D eigenvalue weighted by Gasteiger charge is 2.53. The number of carbonyl (C=O) groups excluding carboxylic acids is 3. The van der Waals surface area contributed by atoms with Crippen molar-refractivity contribution in [3.8, 4) is 5.75 Å². The molecule has 2 aliphatic rings. The number of ether oxygens (including phenoxy) is 2. The fraction of sp³-hybridized carbons (Fsp3) is 0.531. The van der Waals surface area contributed by atoms with E-state index in [4.69, 9.17) is 9.47 Å². The molecule has 2 aromatic carbocycles. The SMILES string of the molecule is CC(=O)Oc1cccc([C@@]23CCN(C)C[C@H]2C(OC(C)=O)C[C@H](NC(=O)CCCCCc2ccccc2)C3)c1. The number of nitrogens with zero attached hydrogens (tertiary/aromatic N) is 1. The summed E-state index contributed by atoms with van der Waals surface area (Å²) in [6.45, 7) is 4.53. The molecule has 1 unspecified atom stereocenters. The minimum Gasteiger partial charge on any atom is -0.462 e. The molecule has 4 atom stereocenters. The number of benzene rings is 2. The number of likely N-dealkylation sites (tertiary alicyclic amines) is 1. The lowest BCUT2D eigenvalue weighted by Crippen LogP contribution is -2.61. The molecule has 0 spiro atoms. The van der Waals surface area contributed by atoms with Crippen LogP contribution in [0.4, 0.5) is 0 Å². The van der Waals surface area contributed by atoms with E-state index < -0.39 is 0 Å². The molecule has 1 N–H and O–H groups in total. The monoisotopic (exact) mass is 534 g/mol. The normalized spacial score (nSPS) is 24.8. The Hall–Kier alpha value is -3.19. The molecule has 210 valence electrons. The van der Waals surface area contributed by atoms with E-state index in [2.05, 4.69) is 47.6 Å². The average molecular weight is 535 g/mol. The van der Waals surface area contributed by atoms with Gasteiger partial charge in [-0.2, -0.15) is 0 Å². The van der Waals surface area contributed by atoms with Gasteiger partial charge < -0.3 is 19.7 Å². The van der Waals surface area contributed by atoms with E-state index in [1.54, 1.807) is 6.07 Å². The lowest BCUT2D eigenvalue weighted by molar-refractivity contribution is -0.157. The number of piperidine rings is 1. The molecule has 7 heteroatoms. The third-order valence-corrected chi connectivity index (χ3v) is 8.30. The summed E-state index contributed by atoms with van der Waals surface area (Å²) in [6, 6.07) is 18.0. The predicted molar refractivity (Wildman–Crippen MR) is 150 cm³/mol. The van der Waals surface area contributed by atoms with Crippen molar-refractivity contribution in [3.05, 3.63) is 65.7 Å². The average Bonchev–Trinajstić information content (AvgIpc) is 2.89. The molecule has 2 aromatic rings. The Bertz CT molecular complexity index is 1140. The highest BCUT2D eigenvalue weighted by Crippen LogP contribution is 2.50. The first-order valence-electron chi connectivity index (χ1n) is 14.2. The fourth-order valence-corrected chi connectivity index (χ4v) is 6.57. The maximum Gasteiger partial charge on any atom is 0.308 e. The summed E-state index contributed by atoms with van der Waals surface area (Å²) in [4.78, 5) is 39.1. The van der Waals surface area contributed by atoms with Crippen molar-refractivity contribution in [2.24, 2.45) is 5.92 Å². The van der Waals surface area contributed by atoms with Gasteiger partial charge in [-0.05, 0) is 69.0 Å². The van der Waals surface area contributed by atoms with Crippen LogP contribution in [0.1, 0.15) is 69.9 Å². The zero-order valence-corrected chi connectivity index (χ0v) is 23.5. The van der Waals surface area contributed by atoms with Gasteiger partial charge in [0.2, 0.25) is 5.91 Å². The Morgan fingerprint density at radius 1 is 1.00 bits per heavy atom. The van der Waals surface area contributed by atoms with Crippen LogP contribution in [0, 0.1) is 5.92 Å². The number of aryl methyl sites for hydroxylation is 1. The topological polar surface area (TPSA) is 84.9 Å². The number of amides is 1. The molecule has 1 amide bonds. The van der Waals surface area contributed by atoms with Crippen molar-refractivity contribution in [2.45, 2.75) is 82.8 Å². The molecule has 1 heterocycles. The second-order valence-electron chi connectivity index (χ2n) is 11.3. The lowest BCUT2D eigenvalue weighted by atomic mass is 9.57. The molecule has 39 heavy (non-hydrogen) atoms. The smallest absolute Gasteiger partial charge is 0.308 e. The second kappa shape index (κ2) is 13.2. The van der Waals surface area contributed by atoms with Crippen LogP contribution in [0.5, 0.6) is 5.75 Å². The van der Waals surface area contributed by atoms with Gasteiger partial charge in [0.1, 0.15) is 11.9 Å². The molecule has 7 nitrogen and oxygen atoms in total. The molecular formula is C32H42N2O5. The van der Waals surface area contributed by atoms with E-state index in [1.807, 2.05) is 18.2 Å². The minimum atomic E-state index is -0.361. The molecule has 0 bridgehead atoms. The van der Waals surface area contributed by atoms with Gasteiger partial charge in [0.15, 0.2) is 0 Å². The van der Waals surface area contributed by atoms with Gasteiger partial charge in [0.25, 0.3) is 0 Å². The first kappa shape index (κ1) is 28.8. The van der Waals surface area contributed by atoms with Gasteiger partial charge in [0, 0.05) is 50.6 Å². The third kappa shape index (κ3) is 7.69. The van der Waals surface area contributed by atoms with Crippen molar-refractivity contribution in [3.63, 3.8) is 0 Å². The van der Waals surface area contributed by atoms with E-state index in [9.17, 15) is 14.4 Å². The maximum atomic E-state index is 13.0. The van der Waals surface area contributed by atoms with Crippen LogP contribution in [-0.4, -0.2) is 55.0 Å². The Balaban J connectivity index is 1.46. The molecule has 1 aliphatic heterocycles. The number of rotatable bonds is 10. The van der Waals surface area contributed by atoms with Gasteiger partial charge in [0.05, 0.1) is 0 Å². The Kier molecular flexibility index (Phi) is 9.78. The highest BCUT2D eigenvalue weighted by molar-refractivity contribution is 5.76. The number of carbonyl (C=O) groups is 3. The van der Waals surface area contributed by atoms with Crippen LogP contribution in [-0.2, 0) is 31.0 Å². The van der Waals surface area contributed by atoms with Gasteiger partial charge in [-0.15, -0.1) is 0 Å². The number of esters is 2. The summed E-state index contributed by atoms with van der Waals surface area (Å²) < 4.78 is 11.3. The van der Waals surface area contributed by atoms with Crippen LogP contribution in [0.25, 0.3) is 0 Å². The van der Waals surface area contributed by atoms with Crippen molar-refractivity contribution in [1.29, 1.82) is 0 Å². The van der Waals surface area contributed by atoms with E-state index in [1.165, 1.54) is 19.4 Å². The summed E-state index contributed by atoms with van der Waals surface area (Å²) in [5.41, 5.74) is 2.09. The standard InChI is InChI=1S/C32H42N2O5/c1-23(35)38-28-15-10-14-26(19-28)32-17-18-34(3)22-29(32)30(39-24(2)36)20-27(21-32)33-31(37)16-9-5-8-13-25-11-6-4-7-12-25/h4,6-7,10-12,14-15,19,27,29-30H,5,8-9,13,16-18,20-22H2,1-3H3,(H,33,37)/t27-,29-,30?,32-/m0/s1. The number of hydrogen-bond donors (Lipinski definition) is 1. The van der Waals surface area contributed by atoms with Crippen molar-refractivity contribution >= 4 is 17.8 Å². The highest BCUT2D eigenvalue weighted by atomic mass is 16.5. The second-order valence-corrected chi connectivity index (χ2v) is 11.3. The predicted octanol–water partition coefficient (Wildman–Crippen LogP) is 4.81. The molecule has 1 aliphatic carbocycles. The first-order valence-corrected chi connectivity index (χ1v) is 14.2. The van der Waals surface area contributed by atoms with E-state index in [0.29, 0.717) is 18.6 Å². The largest absolute Gasteiger partial charge is 0.462 e. The molecular weight excluding hydrogens is 492 g/mol. The number of hydrogen-bond acceptors (Lipinski definition) is 6. The van der Waals surface area contributed by atoms with Crippen molar-refractivity contribution in [2.75, 3.05) is 20.1 Å². The molecule has 0 aromatic heterocycles. The Morgan fingerprint density at radius 3 is 2.54 bits per heavy atom. The van der Waals surface area contributed by atoms with E-state index in [-0.39, 0.29) is 41.3 Å². The molecule has 0 radical (unpaired) electrons. The lowest BCUT2D eigenvalue weighted by Gasteiger charge is -2.55. The number of nitrogens with one attached hydrogen (secondary N) is 1. The van der Waals surface area contributed by atoms with Crippen LogP contribution in [0.2, 0.25) is 0 Å². The molecule has 4 rings (SSSR count). The van der Waals surface area contributed by atoms with Gasteiger partial charge in [-0.1, -0.05) is 48.9 Å². The summed E-state index contributed by atoms with van der Waals surface area (Å²) in [6.07, 6.45) is 6.34. The first-order chi connectivity index (χ1) is 18.7. The number of fused-ring (bicyclic) bond motifs is 1. The quantitative estimate of drug-likeness (QED) is 0.267. The fourth-order valence-electron chi connectivity index (χ4n) is 6.57. The minimum absolute atomic E-state index is 0.0523. The van der Waals surface area contributed by atoms with Gasteiger partial charge >= 0.3 is 11.9 Å². The third-order valence-electron chi connectivity index (χ3n) is 8.30. The molecule has 1 saturated carbocycles. The maximum absolute atomic E-state index is 13.0. The van der Waals surface area contributed by atoms with E-state index >= 15 is 0 Å². The van der Waals surface area contributed by atoms with E-state index in [0.717, 1.165) is 57.2 Å². The van der Waals surface area contributed by atoms with Crippen molar-refractivity contribution < 1.29 is 23.9 Å². The Morgan fingerprint density at radius 2 is 1.79 bits per heavy atom. The van der Waals surface area contributed by atoms with Crippen LogP contribution in [0.3, 0.4) is 0 Å². The molecule has 1 saturated heterocycles. The Labute approximate surface area is 232 Å². The summed E-state index contributed by atoms with van der Waals surface area (Å²) >= 11 is 0. The van der Waals surface area contributed by atoms with Crippen LogP contribution < -0.4 is 10.1 Å².